The predicted octanol–water partition coefficient (Wildman–Crippen LogP) is 2.89. The third-order valence-corrected chi connectivity index (χ3v) is 3.58. The quantitative estimate of drug-likeness (QED) is 0.778. The van der Waals surface area contributed by atoms with Crippen LogP contribution >= 0.6 is 11.8 Å². The zero-order chi connectivity index (χ0) is 12.3. The van der Waals surface area contributed by atoms with Gasteiger partial charge >= 0.3 is 0 Å². The first-order valence-electron chi connectivity index (χ1n) is 5.31. The highest BCUT2D eigenvalue weighted by Gasteiger charge is 2.03. The number of nitriles is 1. The lowest BCUT2D eigenvalue weighted by molar-refractivity contribution is 0.692. The summed E-state index contributed by atoms with van der Waals surface area (Å²) in [7, 11) is 1.95. The van der Waals surface area contributed by atoms with Crippen molar-refractivity contribution in [3.63, 3.8) is 0 Å². The Morgan fingerprint density at radius 2 is 2.06 bits per heavy atom. The van der Waals surface area contributed by atoms with E-state index >= 15 is 0 Å². The second-order valence-electron chi connectivity index (χ2n) is 3.84. The Morgan fingerprint density at radius 1 is 1.35 bits per heavy atom. The molecule has 0 fully saturated rings. The molecule has 0 aliphatic heterocycles. The number of hydrogen-bond acceptors (Lipinski definition) is 3. The van der Waals surface area contributed by atoms with Crippen molar-refractivity contribution in [1.29, 1.82) is 5.26 Å². The number of thioether (sulfide) groups is 1. The molecule has 0 bridgehead atoms. The summed E-state index contributed by atoms with van der Waals surface area (Å²) >= 11 is 1.75. The van der Waals surface area contributed by atoms with Crippen molar-refractivity contribution < 1.29 is 0 Å². The van der Waals surface area contributed by atoms with Crippen molar-refractivity contribution in [2.45, 2.75) is 17.7 Å². The Balaban J connectivity index is 2.02. The zero-order valence-corrected chi connectivity index (χ0v) is 10.7. The van der Waals surface area contributed by atoms with E-state index in [0.717, 1.165) is 16.5 Å². The van der Waals surface area contributed by atoms with E-state index in [4.69, 9.17) is 5.26 Å². The molecular formula is C13H13N3S. The molecule has 0 amide bonds. The van der Waals surface area contributed by atoms with Gasteiger partial charge in [0, 0.05) is 12.8 Å². The molecule has 0 radical (unpaired) electrons. The van der Waals surface area contributed by atoms with Crippen LogP contribution in [0.5, 0.6) is 0 Å². The number of nitrogens with zero attached hydrogens (tertiary/aromatic N) is 3. The van der Waals surface area contributed by atoms with Crippen LogP contribution in [0, 0.1) is 18.3 Å². The van der Waals surface area contributed by atoms with E-state index < -0.39 is 0 Å². The summed E-state index contributed by atoms with van der Waals surface area (Å²) < 4.78 is 1.89. The first-order chi connectivity index (χ1) is 8.19. The molecule has 4 heteroatoms. The average Bonchev–Trinajstić information content (AvgIpc) is 2.66. The Bertz CT molecular complexity index is 549. The molecule has 2 rings (SSSR count). The number of aromatic nitrogens is 2. The van der Waals surface area contributed by atoms with Gasteiger partial charge in [0.2, 0.25) is 0 Å². The van der Waals surface area contributed by atoms with E-state index in [9.17, 15) is 0 Å². The minimum Gasteiger partial charge on any atom is -0.262 e. The van der Waals surface area contributed by atoms with Crippen molar-refractivity contribution >= 4 is 11.8 Å². The fraction of sp³-hybridized carbons (Fsp3) is 0.231. The first-order valence-corrected chi connectivity index (χ1v) is 6.30. The summed E-state index contributed by atoms with van der Waals surface area (Å²) in [6.45, 7) is 1.99. The second kappa shape index (κ2) is 5.07. The molecule has 1 aromatic heterocycles. The highest BCUT2D eigenvalue weighted by molar-refractivity contribution is 7.98. The third-order valence-electron chi connectivity index (χ3n) is 2.43. The van der Waals surface area contributed by atoms with Crippen LogP contribution in [0.2, 0.25) is 0 Å². The summed E-state index contributed by atoms with van der Waals surface area (Å²) in [6.07, 6.45) is 0. The van der Waals surface area contributed by atoms with Crippen molar-refractivity contribution in [3.8, 4) is 6.07 Å². The first kappa shape index (κ1) is 11.7. The summed E-state index contributed by atoms with van der Waals surface area (Å²) in [5.41, 5.74) is 2.96. The smallest absolute Gasteiger partial charge is 0.0991 e. The minimum absolute atomic E-state index is 0.704. The number of benzene rings is 1. The van der Waals surface area contributed by atoms with Gasteiger partial charge < -0.3 is 0 Å². The van der Waals surface area contributed by atoms with Gasteiger partial charge in [0.1, 0.15) is 0 Å². The van der Waals surface area contributed by atoms with Gasteiger partial charge in [-0.2, -0.15) is 10.4 Å². The largest absolute Gasteiger partial charge is 0.262 e. The van der Waals surface area contributed by atoms with Gasteiger partial charge in [-0.25, -0.2) is 0 Å². The van der Waals surface area contributed by atoms with Crippen LogP contribution in [0.15, 0.2) is 35.4 Å². The van der Waals surface area contributed by atoms with E-state index in [1.54, 1.807) is 11.8 Å². The van der Waals surface area contributed by atoms with Gasteiger partial charge in [0.05, 0.1) is 22.4 Å². The maximum Gasteiger partial charge on any atom is 0.0991 e. The van der Waals surface area contributed by atoms with Crippen molar-refractivity contribution in [1.82, 2.24) is 9.78 Å². The summed E-state index contributed by atoms with van der Waals surface area (Å²) in [4.78, 5) is 0. The number of hydrogen-bond donors (Lipinski definition) is 0. The molecule has 0 spiro atoms. The molecule has 0 atom stereocenters. The van der Waals surface area contributed by atoms with E-state index in [1.165, 1.54) is 5.56 Å². The van der Waals surface area contributed by atoms with Crippen molar-refractivity contribution in [3.05, 3.63) is 47.2 Å². The van der Waals surface area contributed by atoms with E-state index in [0.29, 0.717) is 5.56 Å². The maximum absolute atomic E-state index is 8.71. The topological polar surface area (TPSA) is 41.6 Å². The number of aryl methyl sites for hydroxylation is 2. The van der Waals surface area contributed by atoms with Crippen LogP contribution in [0.25, 0.3) is 0 Å². The summed E-state index contributed by atoms with van der Waals surface area (Å²) in [5.74, 6) is 0.894. The second-order valence-corrected chi connectivity index (χ2v) is 4.84. The molecular weight excluding hydrogens is 230 g/mol. The van der Waals surface area contributed by atoms with Crippen LogP contribution in [0.3, 0.4) is 0 Å². The lowest BCUT2D eigenvalue weighted by Gasteiger charge is -2.02. The Kier molecular flexibility index (Phi) is 3.50. The van der Waals surface area contributed by atoms with Gasteiger partial charge in [0.15, 0.2) is 0 Å². The molecule has 1 aromatic carbocycles. The molecule has 0 aliphatic carbocycles. The molecule has 0 N–H and O–H groups in total. The van der Waals surface area contributed by atoms with Gasteiger partial charge in [-0.05, 0) is 30.7 Å². The Hall–Kier alpha value is -1.73. The molecule has 0 saturated heterocycles. The van der Waals surface area contributed by atoms with Gasteiger partial charge in [-0.3, -0.25) is 4.68 Å². The normalized spacial score (nSPS) is 10.2. The van der Waals surface area contributed by atoms with E-state index in [2.05, 4.69) is 17.2 Å². The van der Waals surface area contributed by atoms with E-state index in [-0.39, 0.29) is 0 Å². The molecule has 17 heavy (non-hydrogen) atoms. The lowest BCUT2D eigenvalue weighted by atomic mass is 10.2. The van der Waals surface area contributed by atoms with Crippen molar-refractivity contribution in [2.24, 2.45) is 7.05 Å². The standard InChI is InChI=1S/C13H13N3S/c1-10-7-13(16(2)15-10)17-9-12-5-3-11(8-14)4-6-12/h3-7H,9H2,1-2H3. The third kappa shape index (κ3) is 2.89. The van der Waals surface area contributed by atoms with Gasteiger partial charge in [-0.1, -0.05) is 12.1 Å². The van der Waals surface area contributed by atoms with E-state index in [1.807, 2.05) is 42.9 Å². The molecule has 1 heterocycles. The van der Waals surface area contributed by atoms with Crippen LogP contribution in [0.4, 0.5) is 0 Å². The molecule has 0 aliphatic rings. The molecule has 0 saturated carbocycles. The Morgan fingerprint density at radius 3 is 2.59 bits per heavy atom. The number of rotatable bonds is 3. The molecule has 0 unspecified atom stereocenters. The van der Waals surface area contributed by atoms with Crippen LogP contribution in [-0.2, 0) is 12.8 Å². The molecule has 86 valence electrons. The average molecular weight is 243 g/mol. The highest BCUT2D eigenvalue weighted by atomic mass is 32.2. The van der Waals surface area contributed by atoms with Crippen LogP contribution < -0.4 is 0 Å². The summed E-state index contributed by atoms with van der Waals surface area (Å²) in [6, 6.07) is 11.9. The Labute approximate surface area is 105 Å². The fourth-order valence-corrected chi connectivity index (χ4v) is 2.54. The lowest BCUT2D eigenvalue weighted by Crippen LogP contribution is -1.92. The van der Waals surface area contributed by atoms with Gasteiger partial charge in [-0.15, -0.1) is 11.8 Å². The molecule has 2 aromatic rings. The fourth-order valence-electron chi connectivity index (χ4n) is 1.55. The monoisotopic (exact) mass is 243 g/mol. The predicted molar refractivity (Wildman–Crippen MR) is 68.7 cm³/mol. The minimum atomic E-state index is 0.704. The zero-order valence-electron chi connectivity index (χ0n) is 9.84. The van der Waals surface area contributed by atoms with Gasteiger partial charge in [0.25, 0.3) is 0 Å². The van der Waals surface area contributed by atoms with Crippen LogP contribution in [-0.4, -0.2) is 9.78 Å². The highest BCUT2D eigenvalue weighted by Crippen LogP contribution is 2.22. The SMILES string of the molecule is Cc1cc(SCc2ccc(C#N)cc2)n(C)n1. The maximum atomic E-state index is 8.71. The van der Waals surface area contributed by atoms with Crippen LogP contribution in [0.1, 0.15) is 16.8 Å². The van der Waals surface area contributed by atoms with Crippen molar-refractivity contribution in [2.75, 3.05) is 0 Å². The summed E-state index contributed by atoms with van der Waals surface area (Å²) in [5, 5.41) is 14.2. The molecule has 3 nitrogen and oxygen atoms in total.